The van der Waals surface area contributed by atoms with Crippen LogP contribution in [0.5, 0.6) is 5.75 Å². The first-order valence-corrected chi connectivity index (χ1v) is 14.4. The minimum absolute atomic E-state index is 0.0500. The molecule has 2 atom stereocenters. The number of hydrogen-bond donors (Lipinski definition) is 1. The Balaban J connectivity index is 1.62. The predicted molar refractivity (Wildman–Crippen MR) is 159 cm³/mol. The molecule has 2 unspecified atom stereocenters. The van der Waals surface area contributed by atoms with E-state index in [2.05, 4.69) is 4.90 Å². The number of carbonyl (C=O) groups is 1. The Morgan fingerprint density at radius 3 is 2.12 bits per heavy atom. The minimum Gasteiger partial charge on any atom is -0.490 e. The molecule has 0 bridgehead atoms. The molecule has 2 amide bonds. The number of piperazine rings is 1. The normalized spacial score (nSPS) is 19.7. The number of aliphatic hydroxyl groups is 1. The highest BCUT2D eigenvalue weighted by Crippen LogP contribution is 2.45. The van der Waals surface area contributed by atoms with Crippen molar-refractivity contribution >= 4 is 35.1 Å². The molecule has 1 N–H and O–H groups in total. The lowest BCUT2D eigenvalue weighted by Crippen LogP contribution is -2.54. The summed E-state index contributed by atoms with van der Waals surface area (Å²) in [7, 11) is 0. The van der Waals surface area contributed by atoms with Gasteiger partial charge in [0.15, 0.2) is 0 Å². The molecule has 2 aliphatic rings. The van der Waals surface area contributed by atoms with E-state index in [0.717, 1.165) is 16.7 Å². The predicted octanol–water partition coefficient (Wildman–Crippen LogP) is 6.06. The molecule has 40 heavy (non-hydrogen) atoms. The summed E-state index contributed by atoms with van der Waals surface area (Å²) in [6, 6.07) is 22.1. The zero-order valence-corrected chi connectivity index (χ0v) is 24.2. The lowest BCUT2D eigenvalue weighted by atomic mass is 9.93. The minimum atomic E-state index is -0.413. The number of hydrogen-bond acceptors (Lipinski definition) is 5. The average molecular weight is 582 g/mol. The molecule has 210 valence electrons. The highest BCUT2D eigenvalue weighted by Gasteiger charge is 2.44. The quantitative estimate of drug-likeness (QED) is 0.369. The van der Waals surface area contributed by atoms with E-state index in [1.165, 1.54) is 0 Å². The molecule has 3 aromatic rings. The fraction of sp³-hybridized carbons (Fsp3) is 0.355. The van der Waals surface area contributed by atoms with Crippen molar-refractivity contribution in [2.24, 2.45) is 4.99 Å². The highest BCUT2D eigenvalue weighted by atomic mass is 35.5. The Hall–Kier alpha value is -3.10. The fourth-order valence-corrected chi connectivity index (χ4v) is 5.57. The number of urea groups is 1. The molecule has 2 aliphatic heterocycles. The monoisotopic (exact) mass is 580 g/mol. The maximum absolute atomic E-state index is 14.5. The van der Waals surface area contributed by atoms with Gasteiger partial charge >= 0.3 is 6.03 Å². The van der Waals surface area contributed by atoms with Gasteiger partial charge in [-0.15, -0.1) is 0 Å². The first kappa shape index (κ1) is 28.4. The molecule has 7 nitrogen and oxygen atoms in total. The zero-order chi connectivity index (χ0) is 28.2. The van der Waals surface area contributed by atoms with Gasteiger partial charge in [-0.1, -0.05) is 59.6 Å². The molecule has 0 spiro atoms. The Labute approximate surface area is 245 Å². The van der Waals surface area contributed by atoms with Gasteiger partial charge in [-0.25, -0.2) is 4.79 Å². The molecular formula is C31H34Cl2N4O3. The lowest BCUT2D eigenvalue weighted by Gasteiger charge is -2.39. The van der Waals surface area contributed by atoms with Gasteiger partial charge in [0.25, 0.3) is 0 Å². The number of carbonyl (C=O) groups excluding carboxylic acids is 1. The number of aliphatic imine (C=N–C) groups is 1. The van der Waals surface area contributed by atoms with Gasteiger partial charge in [-0.3, -0.25) is 14.8 Å². The smallest absolute Gasteiger partial charge is 0.326 e. The lowest BCUT2D eigenvalue weighted by molar-refractivity contribution is 0.108. The highest BCUT2D eigenvalue weighted by molar-refractivity contribution is 6.30. The van der Waals surface area contributed by atoms with E-state index in [-0.39, 0.29) is 24.8 Å². The van der Waals surface area contributed by atoms with Gasteiger partial charge in [0.05, 0.1) is 24.3 Å². The van der Waals surface area contributed by atoms with Crippen molar-refractivity contribution in [3.63, 3.8) is 0 Å². The Kier molecular flexibility index (Phi) is 8.96. The molecule has 3 aromatic carbocycles. The summed E-state index contributed by atoms with van der Waals surface area (Å²) in [4.78, 5) is 25.6. The maximum atomic E-state index is 14.5. The van der Waals surface area contributed by atoms with Gasteiger partial charge in [-0.2, -0.15) is 0 Å². The van der Waals surface area contributed by atoms with Crippen LogP contribution in [0.15, 0.2) is 77.8 Å². The van der Waals surface area contributed by atoms with Crippen LogP contribution in [-0.4, -0.2) is 77.1 Å². The van der Waals surface area contributed by atoms with E-state index in [4.69, 9.17) is 32.9 Å². The van der Waals surface area contributed by atoms with Crippen LogP contribution >= 0.6 is 23.2 Å². The summed E-state index contributed by atoms with van der Waals surface area (Å²) in [6.07, 6.45) is -0.0500. The van der Waals surface area contributed by atoms with Crippen LogP contribution in [-0.2, 0) is 0 Å². The average Bonchev–Trinajstić information content (AvgIpc) is 3.34. The Bertz CT molecular complexity index is 1340. The molecular weight excluding hydrogens is 547 g/mol. The molecule has 9 heteroatoms. The summed E-state index contributed by atoms with van der Waals surface area (Å²) in [5, 5.41) is 10.6. The van der Waals surface area contributed by atoms with Crippen molar-refractivity contribution in [2.45, 2.75) is 32.0 Å². The van der Waals surface area contributed by atoms with Crippen molar-refractivity contribution in [2.75, 3.05) is 39.3 Å². The van der Waals surface area contributed by atoms with E-state index in [0.29, 0.717) is 54.4 Å². The second kappa shape index (κ2) is 12.6. The van der Waals surface area contributed by atoms with E-state index < -0.39 is 6.04 Å². The van der Waals surface area contributed by atoms with Crippen molar-refractivity contribution in [3.8, 4) is 5.75 Å². The molecule has 1 fully saturated rings. The SMILES string of the molecule is CC(C)Oc1ccccc1C1=NC(c2ccc(Cl)cc2)C(c2ccc(Cl)cc2)N1C(=O)N1CCN(CCO)CC1. The molecule has 0 saturated carbocycles. The summed E-state index contributed by atoms with van der Waals surface area (Å²) in [5.74, 6) is 1.24. The van der Waals surface area contributed by atoms with Gasteiger partial charge < -0.3 is 14.7 Å². The van der Waals surface area contributed by atoms with E-state index in [1.807, 2.05) is 96.4 Å². The van der Waals surface area contributed by atoms with E-state index in [1.54, 1.807) is 0 Å². The third kappa shape index (κ3) is 6.13. The number of benzene rings is 3. The van der Waals surface area contributed by atoms with Crippen molar-refractivity contribution in [1.82, 2.24) is 14.7 Å². The van der Waals surface area contributed by atoms with Crippen LogP contribution in [0.4, 0.5) is 4.79 Å². The van der Waals surface area contributed by atoms with Crippen LogP contribution in [0.3, 0.4) is 0 Å². The zero-order valence-electron chi connectivity index (χ0n) is 22.7. The topological polar surface area (TPSA) is 68.6 Å². The summed E-state index contributed by atoms with van der Waals surface area (Å²) < 4.78 is 6.19. The standard InChI is InChI=1S/C31H34Cl2N4O3/c1-21(2)40-27-6-4-3-5-26(27)30-34-28(22-7-11-24(32)12-8-22)29(23-9-13-25(33)14-10-23)37(30)31(39)36-17-15-35(16-18-36)19-20-38/h3-14,21,28-29,38H,15-20H2,1-2H3. The summed E-state index contributed by atoms with van der Waals surface area (Å²) >= 11 is 12.5. The van der Waals surface area contributed by atoms with Gasteiger partial charge in [-0.05, 0) is 61.4 Å². The number of rotatable bonds is 7. The van der Waals surface area contributed by atoms with Gasteiger partial charge in [0.2, 0.25) is 0 Å². The van der Waals surface area contributed by atoms with Crippen LogP contribution in [0.25, 0.3) is 0 Å². The molecule has 2 heterocycles. The summed E-state index contributed by atoms with van der Waals surface area (Å²) in [6.45, 7) is 7.19. The van der Waals surface area contributed by atoms with Gasteiger partial charge in [0.1, 0.15) is 17.6 Å². The first-order chi connectivity index (χ1) is 19.4. The van der Waals surface area contributed by atoms with E-state index in [9.17, 15) is 9.90 Å². The molecule has 1 saturated heterocycles. The van der Waals surface area contributed by atoms with Crippen LogP contribution in [0.2, 0.25) is 10.0 Å². The van der Waals surface area contributed by atoms with Crippen molar-refractivity contribution < 1.29 is 14.6 Å². The fourth-order valence-electron chi connectivity index (χ4n) is 5.32. The van der Waals surface area contributed by atoms with E-state index >= 15 is 0 Å². The third-order valence-corrected chi connectivity index (χ3v) is 7.75. The number of halogens is 2. The van der Waals surface area contributed by atoms with Gasteiger partial charge in [0, 0.05) is 42.8 Å². The number of amidine groups is 1. The third-order valence-electron chi connectivity index (χ3n) is 7.25. The van der Waals surface area contributed by atoms with Crippen LogP contribution in [0.1, 0.15) is 42.6 Å². The Morgan fingerprint density at radius 1 is 0.925 bits per heavy atom. The first-order valence-electron chi connectivity index (χ1n) is 13.6. The number of para-hydroxylation sites is 1. The molecule has 0 aliphatic carbocycles. The van der Waals surface area contributed by atoms with Crippen molar-refractivity contribution in [3.05, 3.63) is 99.5 Å². The maximum Gasteiger partial charge on any atom is 0.326 e. The number of β-amino-alcohol motifs (C(OH)–C–C–N with tert-alkyl or cyclic N) is 1. The second-order valence-corrected chi connectivity index (χ2v) is 11.2. The summed E-state index contributed by atoms with van der Waals surface area (Å²) in [5.41, 5.74) is 2.64. The number of nitrogens with zero attached hydrogens (tertiary/aromatic N) is 4. The number of ether oxygens (including phenoxy) is 1. The van der Waals surface area contributed by atoms with Crippen LogP contribution in [0, 0.1) is 0 Å². The Morgan fingerprint density at radius 2 is 1.52 bits per heavy atom. The number of aliphatic hydroxyl groups excluding tert-OH is 1. The second-order valence-electron chi connectivity index (χ2n) is 10.3. The van der Waals surface area contributed by atoms with Crippen molar-refractivity contribution in [1.29, 1.82) is 0 Å². The molecule has 5 rings (SSSR count). The number of amides is 2. The van der Waals surface area contributed by atoms with Crippen LogP contribution < -0.4 is 4.74 Å². The largest absolute Gasteiger partial charge is 0.490 e. The molecule has 0 aromatic heterocycles. The molecule has 0 radical (unpaired) electrons.